The number of H-pyrrole nitrogens is 1. The largest absolute Gasteiger partial charge is 0.345 e. The molecule has 1 aliphatic heterocycles. The predicted octanol–water partition coefficient (Wildman–Crippen LogP) is 2.47. The number of hydrogen-bond donors (Lipinski definition) is 1. The van der Waals surface area contributed by atoms with Gasteiger partial charge in [0.15, 0.2) is 0 Å². The molecule has 3 rings (SSSR count). The highest BCUT2D eigenvalue weighted by molar-refractivity contribution is 7.11. The molecule has 5 nitrogen and oxygen atoms in total. The summed E-state index contributed by atoms with van der Waals surface area (Å²) in [5, 5.41) is 7.14. The molecule has 0 radical (unpaired) electrons. The molecule has 2 aromatic heterocycles. The Morgan fingerprint density at radius 1 is 1.50 bits per heavy atom. The summed E-state index contributed by atoms with van der Waals surface area (Å²) in [5.41, 5.74) is 1.70. The summed E-state index contributed by atoms with van der Waals surface area (Å²) < 4.78 is 0. The number of thiophene rings is 1. The number of amides is 1. The Bertz CT molecular complexity index is 661. The van der Waals surface area contributed by atoms with Gasteiger partial charge in [0, 0.05) is 42.9 Å². The molecule has 1 amide bonds. The minimum Gasteiger partial charge on any atom is -0.345 e. The van der Waals surface area contributed by atoms with Crippen LogP contribution in [0.25, 0.3) is 0 Å². The van der Waals surface area contributed by atoms with Crippen LogP contribution in [0.2, 0.25) is 0 Å². The van der Waals surface area contributed by atoms with E-state index in [0.717, 1.165) is 31.7 Å². The second-order valence-corrected chi connectivity index (χ2v) is 7.50. The van der Waals surface area contributed by atoms with Crippen molar-refractivity contribution in [2.75, 3.05) is 27.2 Å². The van der Waals surface area contributed by atoms with Gasteiger partial charge >= 0.3 is 0 Å². The Labute approximate surface area is 134 Å². The molecule has 22 heavy (non-hydrogen) atoms. The smallest absolute Gasteiger partial charge is 0.256 e. The minimum absolute atomic E-state index is 0.0241. The summed E-state index contributed by atoms with van der Waals surface area (Å²) in [4.78, 5) is 19.0. The van der Waals surface area contributed by atoms with E-state index in [1.807, 2.05) is 11.3 Å². The van der Waals surface area contributed by atoms with Crippen LogP contribution in [0.5, 0.6) is 0 Å². The fraction of sp³-hybridized carbons (Fsp3) is 0.500. The summed E-state index contributed by atoms with van der Waals surface area (Å²) in [6, 6.07) is 4.39. The Balaban J connectivity index is 1.68. The van der Waals surface area contributed by atoms with Crippen LogP contribution in [0.4, 0.5) is 0 Å². The van der Waals surface area contributed by atoms with Crippen molar-refractivity contribution in [3.8, 4) is 0 Å². The van der Waals surface area contributed by atoms with Gasteiger partial charge in [0.05, 0.1) is 17.5 Å². The Hall–Kier alpha value is -1.66. The van der Waals surface area contributed by atoms with Gasteiger partial charge in [0.2, 0.25) is 0 Å². The van der Waals surface area contributed by atoms with Crippen molar-refractivity contribution < 1.29 is 4.79 Å². The Morgan fingerprint density at radius 3 is 3.00 bits per heavy atom. The van der Waals surface area contributed by atoms with Gasteiger partial charge in [-0.2, -0.15) is 5.10 Å². The van der Waals surface area contributed by atoms with Crippen molar-refractivity contribution in [1.82, 2.24) is 20.0 Å². The topological polar surface area (TPSA) is 52.2 Å². The normalized spacial score (nSPS) is 18.8. The lowest BCUT2D eigenvalue weighted by molar-refractivity contribution is 0.0826. The number of carbonyl (C=O) groups excluding carboxylic acids is 1. The third kappa shape index (κ3) is 3.08. The first-order valence-electron chi connectivity index (χ1n) is 7.57. The van der Waals surface area contributed by atoms with Crippen LogP contribution in [0.3, 0.4) is 0 Å². The monoisotopic (exact) mass is 318 g/mol. The standard InChI is InChI=1S/C16H22N4OS/c1-11-4-5-13(22-11)10-20-7-6-12(9-20)15-14(8-17-18-15)16(21)19(2)3/h4-5,8,12H,6-7,9-10H2,1-3H3,(H,17,18)/t12-/m1/s1. The van der Waals surface area contributed by atoms with Gasteiger partial charge in [-0.25, -0.2) is 0 Å². The number of nitrogens with zero attached hydrogens (tertiary/aromatic N) is 3. The molecule has 0 saturated carbocycles. The molecular weight excluding hydrogens is 296 g/mol. The molecule has 6 heteroatoms. The minimum atomic E-state index is 0.0241. The predicted molar refractivity (Wildman–Crippen MR) is 88.3 cm³/mol. The molecule has 0 unspecified atom stereocenters. The zero-order valence-corrected chi connectivity index (χ0v) is 14.1. The molecule has 1 saturated heterocycles. The van der Waals surface area contributed by atoms with Crippen LogP contribution in [0.1, 0.15) is 38.1 Å². The number of hydrogen-bond acceptors (Lipinski definition) is 4. The summed E-state index contributed by atoms with van der Waals surface area (Å²) in [5.74, 6) is 0.388. The lowest BCUT2D eigenvalue weighted by atomic mass is 10.0. The Morgan fingerprint density at radius 2 is 2.32 bits per heavy atom. The van der Waals surface area contributed by atoms with Crippen LogP contribution in [0.15, 0.2) is 18.3 Å². The van der Waals surface area contributed by atoms with Crippen LogP contribution in [0, 0.1) is 6.92 Å². The molecule has 0 bridgehead atoms. The number of aromatic nitrogens is 2. The van der Waals surface area contributed by atoms with Gasteiger partial charge in [-0.1, -0.05) is 0 Å². The van der Waals surface area contributed by atoms with Gasteiger partial charge in [-0.15, -0.1) is 11.3 Å². The van der Waals surface area contributed by atoms with E-state index in [-0.39, 0.29) is 5.91 Å². The molecule has 1 N–H and O–H groups in total. The number of carbonyl (C=O) groups is 1. The highest BCUT2D eigenvalue weighted by atomic mass is 32.1. The van der Waals surface area contributed by atoms with Crippen molar-refractivity contribution in [1.29, 1.82) is 0 Å². The number of aromatic amines is 1. The lowest BCUT2D eigenvalue weighted by Crippen LogP contribution is -2.24. The second kappa shape index (κ2) is 6.22. The van der Waals surface area contributed by atoms with E-state index in [2.05, 4.69) is 34.2 Å². The highest BCUT2D eigenvalue weighted by Gasteiger charge is 2.29. The molecule has 1 fully saturated rings. The first-order chi connectivity index (χ1) is 10.5. The average molecular weight is 318 g/mol. The molecule has 0 aromatic carbocycles. The maximum absolute atomic E-state index is 12.2. The molecule has 2 aromatic rings. The van der Waals surface area contributed by atoms with Gasteiger partial charge in [-0.3, -0.25) is 14.8 Å². The molecule has 1 aliphatic rings. The van der Waals surface area contributed by atoms with E-state index >= 15 is 0 Å². The fourth-order valence-corrected chi connectivity index (χ4v) is 3.95. The van der Waals surface area contributed by atoms with Crippen molar-refractivity contribution in [2.45, 2.75) is 25.8 Å². The van der Waals surface area contributed by atoms with E-state index < -0.39 is 0 Å². The SMILES string of the molecule is Cc1ccc(CN2CC[C@@H](c3[nH]ncc3C(=O)N(C)C)C2)s1. The zero-order valence-electron chi connectivity index (χ0n) is 13.3. The quantitative estimate of drug-likeness (QED) is 0.942. The lowest BCUT2D eigenvalue weighted by Gasteiger charge is -2.16. The maximum atomic E-state index is 12.2. The number of aryl methyl sites for hydroxylation is 1. The van der Waals surface area contributed by atoms with Gasteiger partial charge in [-0.05, 0) is 32.0 Å². The van der Waals surface area contributed by atoms with E-state index in [4.69, 9.17) is 0 Å². The fourth-order valence-electron chi connectivity index (χ4n) is 3.02. The molecular formula is C16H22N4OS. The van der Waals surface area contributed by atoms with E-state index in [9.17, 15) is 4.79 Å². The summed E-state index contributed by atoms with van der Waals surface area (Å²) in [6.07, 6.45) is 2.73. The summed E-state index contributed by atoms with van der Waals surface area (Å²) >= 11 is 1.86. The molecule has 3 heterocycles. The van der Waals surface area contributed by atoms with Crippen LogP contribution in [-0.2, 0) is 6.54 Å². The van der Waals surface area contributed by atoms with Crippen LogP contribution < -0.4 is 0 Å². The highest BCUT2D eigenvalue weighted by Crippen LogP contribution is 2.30. The molecule has 0 spiro atoms. The Kier molecular flexibility index (Phi) is 4.31. The van der Waals surface area contributed by atoms with E-state index in [1.54, 1.807) is 25.2 Å². The number of rotatable bonds is 4. The van der Waals surface area contributed by atoms with E-state index in [1.165, 1.54) is 9.75 Å². The van der Waals surface area contributed by atoms with Crippen molar-refractivity contribution in [3.63, 3.8) is 0 Å². The van der Waals surface area contributed by atoms with Crippen molar-refractivity contribution in [2.24, 2.45) is 0 Å². The average Bonchev–Trinajstić information content (AvgIpc) is 3.18. The molecule has 1 atom stereocenters. The zero-order chi connectivity index (χ0) is 15.7. The molecule has 118 valence electrons. The molecule has 0 aliphatic carbocycles. The van der Waals surface area contributed by atoms with Crippen molar-refractivity contribution >= 4 is 17.2 Å². The van der Waals surface area contributed by atoms with Crippen LogP contribution in [-0.4, -0.2) is 53.1 Å². The summed E-state index contributed by atoms with van der Waals surface area (Å²) in [6.45, 7) is 5.19. The van der Waals surface area contributed by atoms with Gasteiger partial charge in [0.1, 0.15) is 0 Å². The first-order valence-corrected chi connectivity index (χ1v) is 8.39. The van der Waals surface area contributed by atoms with Crippen molar-refractivity contribution in [3.05, 3.63) is 39.3 Å². The van der Waals surface area contributed by atoms with Crippen LogP contribution >= 0.6 is 11.3 Å². The van der Waals surface area contributed by atoms with Gasteiger partial charge < -0.3 is 4.90 Å². The number of likely N-dealkylation sites (tertiary alicyclic amines) is 1. The van der Waals surface area contributed by atoms with Gasteiger partial charge in [0.25, 0.3) is 5.91 Å². The third-order valence-electron chi connectivity index (χ3n) is 4.16. The first kappa shape index (κ1) is 15.2. The number of nitrogens with one attached hydrogen (secondary N) is 1. The second-order valence-electron chi connectivity index (χ2n) is 6.13. The van der Waals surface area contributed by atoms with E-state index in [0.29, 0.717) is 11.5 Å². The maximum Gasteiger partial charge on any atom is 0.256 e. The summed E-state index contributed by atoms with van der Waals surface area (Å²) in [7, 11) is 3.55. The third-order valence-corrected chi connectivity index (χ3v) is 5.15.